The molecule has 0 atom stereocenters. The summed E-state index contributed by atoms with van der Waals surface area (Å²) in [4.78, 5) is 33.9. The van der Waals surface area contributed by atoms with Crippen LogP contribution in [0.1, 0.15) is 20.8 Å². The summed E-state index contributed by atoms with van der Waals surface area (Å²) >= 11 is 0. The van der Waals surface area contributed by atoms with Crippen LogP contribution in [-0.2, 0) is 4.79 Å². The number of carboxylic acid groups (broad SMARTS) is 1. The predicted octanol–water partition coefficient (Wildman–Crippen LogP) is 0.476. The summed E-state index contributed by atoms with van der Waals surface area (Å²) in [7, 11) is 0. The molecule has 1 aromatic heterocycles. The van der Waals surface area contributed by atoms with Crippen LogP contribution in [-0.4, -0.2) is 39.6 Å². The number of carbonyl (C=O) groups excluding carboxylic acids is 2. The fourth-order valence-electron chi connectivity index (χ4n) is 1.53. The molecule has 1 heterocycles. The van der Waals surface area contributed by atoms with Crippen molar-refractivity contribution >= 4 is 23.6 Å². The van der Waals surface area contributed by atoms with E-state index in [2.05, 4.69) is 20.8 Å². The molecule has 2 amide bonds. The third-order valence-electron chi connectivity index (χ3n) is 2.52. The first-order valence-corrected chi connectivity index (χ1v) is 5.98. The Balaban J connectivity index is 1.84. The van der Waals surface area contributed by atoms with Crippen molar-refractivity contribution in [3.8, 4) is 0 Å². The van der Waals surface area contributed by atoms with Crippen LogP contribution in [0.4, 0.5) is 5.82 Å². The highest BCUT2D eigenvalue weighted by Crippen LogP contribution is 2.04. The normalized spacial score (nSPS) is 9.90. The van der Waals surface area contributed by atoms with Crippen LogP contribution in [0.5, 0.6) is 0 Å². The SMILES string of the molecule is O=C(CNC(=O)c1ccccc1)Nc1cc(C(=O)O)[nH]n1. The Morgan fingerprint density at radius 3 is 2.52 bits per heavy atom. The van der Waals surface area contributed by atoms with E-state index in [4.69, 9.17) is 5.11 Å². The van der Waals surface area contributed by atoms with Gasteiger partial charge in [0.25, 0.3) is 5.91 Å². The molecule has 8 heteroatoms. The lowest BCUT2D eigenvalue weighted by Gasteiger charge is -2.04. The van der Waals surface area contributed by atoms with E-state index in [1.54, 1.807) is 30.3 Å². The smallest absolute Gasteiger partial charge is 0.353 e. The molecule has 0 aliphatic heterocycles. The number of nitrogens with one attached hydrogen (secondary N) is 3. The van der Waals surface area contributed by atoms with Gasteiger partial charge in [-0.25, -0.2) is 4.79 Å². The summed E-state index contributed by atoms with van der Waals surface area (Å²) in [6.45, 7) is -0.247. The van der Waals surface area contributed by atoms with E-state index in [9.17, 15) is 14.4 Å². The Labute approximate surface area is 119 Å². The van der Waals surface area contributed by atoms with E-state index in [1.807, 2.05) is 0 Å². The number of carboxylic acids is 1. The van der Waals surface area contributed by atoms with E-state index in [0.717, 1.165) is 0 Å². The van der Waals surface area contributed by atoms with Gasteiger partial charge in [0, 0.05) is 11.6 Å². The highest BCUT2D eigenvalue weighted by atomic mass is 16.4. The first-order valence-electron chi connectivity index (χ1n) is 5.98. The molecule has 0 fully saturated rings. The molecule has 108 valence electrons. The number of carbonyl (C=O) groups is 3. The van der Waals surface area contributed by atoms with Gasteiger partial charge < -0.3 is 15.7 Å². The molecule has 2 rings (SSSR count). The summed E-state index contributed by atoms with van der Waals surface area (Å²) in [6.07, 6.45) is 0. The lowest BCUT2D eigenvalue weighted by molar-refractivity contribution is -0.115. The molecule has 0 bridgehead atoms. The van der Waals surface area contributed by atoms with Gasteiger partial charge in [-0.2, -0.15) is 5.10 Å². The van der Waals surface area contributed by atoms with Crippen LogP contribution >= 0.6 is 0 Å². The van der Waals surface area contributed by atoms with Crippen LogP contribution in [0.25, 0.3) is 0 Å². The number of amides is 2. The van der Waals surface area contributed by atoms with Crippen molar-refractivity contribution in [3.05, 3.63) is 47.7 Å². The molecule has 0 aliphatic carbocycles. The van der Waals surface area contributed by atoms with Gasteiger partial charge in [0.1, 0.15) is 5.69 Å². The standard InChI is InChI=1S/C13H12N4O4/c18-11(15-10-6-9(13(20)21)16-17-10)7-14-12(19)8-4-2-1-3-5-8/h1-6H,7H2,(H,14,19)(H,20,21)(H2,15,16,17,18). The van der Waals surface area contributed by atoms with Gasteiger partial charge in [-0.1, -0.05) is 18.2 Å². The number of H-pyrrole nitrogens is 1. The summed E-state index contributed by atoms with van der Waals surface area (Å²) in [5.41, 5.74) is 0.303. The Morgan fingerprint density at radius 2 is 1.90 bits per heavy atom. The van der Waals surface area contributed by atoms with Crippen molar-refractivity contribution < 1.29 is 19.5 Å². The highest BCUT2D eigenvalue weighted by Gasteiger charge is 2.11. The number of nitrogens with zero attached hydrogens (tertiary/aromatic N) is 1. The minimum atomic E-state index is -1.18. The zero-order valence-electron chi connectivity index (χ0n) is 10.8. The van der Waals surface area contributed by atoms with Gasteiger partial charge in [-0.3, -0.25) is 14.7 Å². The molecule has 0 aliphatic rings. The topological polar surface area (TPSA) is 124 Å². The number of benzene rings is 1. The van der Waals surface area contributed by atoms with Crippen LogP contribution in [0.3, 0.4) is 0 Å². The number of aromatic nitrogens is 2. The molecule has 21 heavy (non-hydrogen) atoms. The number of hydrogen-bond donors (Lipinski definition) is 4. The number of hydrogen-bond acceptors (Lipinski definition) is 4. The molecule has 0 saturated carbocycles. The third kappa shape index (κ3) is 3.90. The van der Waals surface area contributed by atoms with E-state index >= 15 is 0 Å². The molecule has 4 N–H and O–H groups in total. The molecular formula is C13H12N4O4. The summed E-state index contributed by atoms with van der Waals surface area (Å²) in [5, 5.41) is 19.4. The van der Waals surface area contributed by atoms with Crippen molar-refractivity contribution in [2.24, 2.45) is 0 Å². The fourth-order valence-corrected chi connectivity index (χ4v) is 1.53. The lowest BCUT2D eigenvalue weighted by Crippen LogP contribution is -2.32. The maximum atomic E-state index is 11.7. The van der Waals surface area contributed by atoms with Gasteiger partial charge >= 0.3 is 5.97 Å². The first kappa shape index (κ1) is 14.3. The van der Waals surface area contributed by atoms with E-state index in [-0.39, 0.29) is 24.0 Å². The van der Waals surface area contributed by atoms with Gasteiger partial charge in [0.05, 0.1) is 6.54 Å². The average Bonchev–Trinajstić information content (AvgIpc) is 2.94. The minimum Gasteiger partial charge on any atom is -0.477 e. The fraction of sp³-hybridized carbons (Fsp3) is 0.0769. The van der Waals surface area contributed by atoms with Crippen molar-refractivity contribution in [3.63, 3.8) is 0 Å². The summed E-state index contributed by atoms with van der Waals surface area (Å²) in [6, 6.07) is 9.64. The molecule has 1 aromatic carbocycles. The lowest BCUT2D eigenvalue weighted by atomic mass is 10.2. The zero-order valence-corrected chi connectivity index (χ0v) is 10.8. The highest BCUT2D eigenvalue weighted by molar-refractivity contribution is 5.99. The van der Waals surface area contributed by atoms with Crippen LogP contribution < -0.4 is 10.6 Å². The number of anilines is 1. The largest absolute Gasteiger partial charge is 0.477 e. The van der Waals surface area contributed by atoms with Crippen molar-refractivity contribution in [2.75, 3.05) is 11.9 Å². The van der Waals surface area contributed by atoms with Gasteiger partial charge in [-0.15, -0.1) is 0 Å². The van der Waals surface area contributed by atoms with Crippen molar-refractivity contribution in [1.29, 1.82) is 0 Å². The van der Waals surface area contributed by atoms with Crippen LogP contribution in [0, 0.1) is 0 Å². The maximum Gasteiger partial charge on any atom is 0.353 e. The van der Waals surface area contributed by atoms with E-state index in [1.165, 1.54) is 6.07 Å². The maximum absolute atomic E-state index is 11.7. The number of aromatic amines is 1. The minimum absolute atomic E-state index is 0.0753. The van der Waals surface area contributed by atoms with Gasteiger partial charge in [0.2, 0.25) is 5.91 Å². The summed E-state index contributed by atoms with van der Waals surface area (Å²) < 4.78 is 0. The van der Waals surface area contributed by atoms with Crippen molar-refractivity contribution in [2.45, 2.75) is 0 Å². The monoisotopic (exact) mass is 288 g/mol. The van der Waals surface area contributed by atoms with E-state index in [0.29, 0.717) is 5.56 Å². The molecule has 0 saturated heterocycles. The van der Waals surface area contributed by atoms with E-state index < -0.39 is 11.9 Å². The molecule has 2 aromatic rings. The van der Waals surface area contributed by atoms with Crippen LogP contribution in [0.2, 0.25) is 0 Å². The predicted molar refractivity (Wildman–Crippen MR) is 73.0 cm³/mol. The molecule has 0 unspecified atom stereocenters. The second-order valence-electron chi connectivity index (χ2n) is 4.07. The average molecular weight is 288 g/mol. The molecular weight excluding hydrogens is 276 g/mol. The van der Waals surface area contributed by atoms with Crippen molar-refractivity contribution in [1.82, 2.24) is 15.5 Å². The number of rotatable bonds is 5. The molecule has 8 nitrogen and oxygen atoms in total. The van der Waals surface area contributed by atoms with Gasteiger partial charge in [-0.05, 0) is 12.1 Å². The van der Waals surface area contributed by atoms with Gasteiger partial charge in [0.15, 0.2) is 5.82 Å². The molecule has 0 radical (unpaired) electrons. The first-order chi connectivity index (χ1) is 10.1. The Morgan fingerprint density at radius 1 is 1.19 bits per heavy atom. The third-order valence-corrected chi connectivity index (χ3v) is 2.52. The second-order valence-corrected chi connectivity index (χ2v) is 4.07. The zero-order chi connectivity index (χ0) is 15.2. The molecule has 0 spiro atoms. The van der Waals surface area contributed by atoms with Crippen LogP contribution in [0.15, 0.2) is 36.4 Å². The Hall–Kier alpha value is -3.16. The summed E-state index contributed by atoms with van der Waals surface area (Å²) in [5.74, 6) is -1.99. The Kier molecular flexibility index (Phi) is 4.30. The Bertz CT molecular complexity index is 666. The number of aromatic carboxylic acids is 1. The quantitative estimate of drug-likeness (QED) is 0.637. The second kappa shape index (κ2) is 6.33.